The third-order valence-electron chi connectivity index (χ3n) is 4.33. The summed E-state index contributed by atoms with van der Waals surface area (Å²) in [5.41, 5.74) is 5.20. The number of rotatable bonds is 10. The lowest BCUT2D eigenvalue weighted by Crippen LogP contribution is -2.24. The van der Waals surface area contributed by atoms with E-state index in [0.29, 0.717) is 26.4 Å². The van der Waals surface area contributed by atoms with E-state index in [1.807, 2.05) is 65.1 Å². The zero-order valence-corrected chi connectivity index (χ0v) is 19.8. The lowest BCUT2D eigenvalue weighted by molar-refractivity contribution is -0.139. The highest BCUT2D eigenvalue weighted by molar-refractivity contribution is 14.1. The van der Waals surface area contributed by atoms with E-state index in [9.17, 15) is 9.59 Å². The third kappa shape index (κ3) is 7.21. The smallest absolute Gasteiger partial charge is 0.341 e. The Bertz CT molecular complexity index is 1130. The van der Waals surface area contributed by atoms with Crippen molar-refractivity contribution in [2.75, 3.05) is 20.3 Å². The molecule has 0 saturated carbocycles. The molecule has 0 unspecified atom stereocenters. The summed E-state index contributed by atoms with van der Waals surface area (Å²) < 4.78 is 16.7. The molecule has 0 spiro atoms. The van der Waals surface area contributed by atoms with Crippen molar-refractivity contribution < 1.29 is 28.9 Å². The van der Waals surface area contributed by atoms with Gasteiger partial charge in [-0.15, -0.1) is 0 Å². The van der Waals surface area contributed by atoms with Crippen LogP contribution in [0.3, 0.4) is 0 Å². The number of aliphatic carboxylic acids is 1. The van der Waals surface area contributed by atoms with E-state index in [1.54, 1.807) is 24.3 Å². The Balaban J connectivity index is 1.52. The summed E-state index contributed by atoms with van der Waals surface area (Å²) in [5, 5.41) is 12.7. The van der Waals surface area contributed by atoms with E-state index in [1.165, 1.54) is 13.3 Å². The first kappa shape index (κ1) is 24.1. The van der Waals surface area contributed by atoms with Crippen LogP contribution < -0.4 is 19.6 Å². The minimum atomic E-state index is -1.09. The molecule has 0 fully saturated rings. The van der Waals surface area contributed by atoms with Crippen molar-refractivity contribution in [1.82, 2.24) is 5.43 Å². The molecule has 33 heavy (non-hydrogen) atoms. The molecule has 0 saturated heterocycles. The van der Waals surface area contributed by atoms with Crippen molar-refractivity contribution in [1.29, 1.82) is 0 Å². The first-order valence-corrected chi connectivity index (χ1v) is 10.9. The fourth-order valence-electron chi connectivity index (χ4n) is 2.82. The fourth-order valence-corrected chi connectivity index (χ4v) is 3.60. The van der Waals surface area contributed by atoms with Crippen molar-refractivity contribution in [2.24, 2.45) is 5.10 Å². The summed E-state index contributed by atoms with van der Waals surface area (Å²) in [6, 6.07) is 20.8. The average Bonchev–Trinajstić information content (AvgIpc) is 2.82. The first-order chi connectivity index (χ1) is 16.0. The summed E-state index contributed by atoms with van der Waals surface area (Å²) >= 11 is 2.01. The van der Waals surface area contributed by atoms with Crippen LogP contribution in [0, 0.1) is 3.57 Å². The number of carbonyl (C=O) groups excluding carboxylic acids is 1. The van der Waals surface area contributed by atoms with Gasteiger partial charge in [0.1, 0.15) is 5.75 Å². The number of methoxy groups -OCH3 is 1. The van der Waals surface area contributed by atoms with Gasteiger partial charge in [0.05, 0.1) is 16.9 Å². The Morgan fingerprint density at radius 1 is 1.00 bits per heavy atom. The van der Waals surface area contributed by atoms with Crippen LogP contribution in [0.2, 0.25) is 0 Å². The Kier molecular flexibility index (Phi) is 8.64. The normalized spacial score (nSPS) is 10.6. The van der Waals surface area contributed by atoms with Crippen LogP contribution in [0.25, 0.3) is 11.1 Å². The summed E-state index contributed by atoms with van der Waals surface area (Å²) in [4.78, 5) is 22.8. The molecule has 0 atom stereocenters. The molecule has 0 radical (unpaired) electrons. The molecule has 0 aromatic heterocycles. The van der Waals surface area contributed by atoms with E-state index >= 15 is 0 Å². The summed E-state index contributed by atoms with van der Waals surface area (Å²) in [5.74, 6) is -0.242. The van der Waals surface area contributed by atoms with Crippen LogP contribution in [-0.2, 0) is 9.59 Å². The van der Waals surface area contributed by atoms with E-state index < -0.39 is 18.5 Å². The number of carbonyl (C=O) groups is 2. The van der Waals surface area contributed by atoms with E-state index in [-0.39, 0.29) is 6.61 Å². The summed E-state index contributed by atoms with van der Waals surface area (Å²) in [6.07, 6.45) is 1.44. The summed E-state index contributed by atoms with van der Waals surface area (Å²) in [7, 11) is 1.45. The minimum Gasteiger partial charge on any atom is -0.493 e. The number of nitrogens with one attached hydrogen (secondary N) is 1. The molecular weight excluding hydrogens is 539 g/mol. The SMILES string of the molecule is COc1cc(/C=N/NC(=O)COc2ccc(-c3ccccc3)cc2)cc(I)c1OCC(=O)O. The number of hydrogen-bond acceptors (Lipinski definition) is 6. The number of nitrogens with zero attached hydrogens (tertiary/aromatic N) is 1. The number of hydrazone groups is 1. The second kappa shape index (κ2) is 11.9. The average molecular weight is 560 g/mol. The van der Waals surface area contributed by atoms with Gasteiger partial charge in [-0.3, -0.25) is 4.79 Å². The van der Waals surface area contributed by atoms with Crippen LogP contribution in [0.4, 0.5) is 0 Å². The first-order valence-electron chi connectivity index (χ1n) is 9.78. The number of benzene rings is 3. The quantitative estimate of drug-likeness (QED) is 0.221. The molecular formula is C24H21IN2O6. The van der Waals surface area contributed by atoms with Gasteiger partial charge in [-0.2, -0.15) is 5.10 Å². The zero-order chi connectivity index (χ0) is 23.6. The highest BCUT2D eigenvalue weighted by atomic mass is 127. The lowest BCUT2D eigenvalue weighted by Gasteiger charge is -2.12. The van der Waals surface area contributed by atoms with E-state index in [0.717, 1.165) is 11.1 Å². The molecule has 0 heterocycles. The zero-order valence-electron chi connectivity index (χ0n) is 17.7. The lowest BCUT2D eigenvalue weighted by atomic mass is 10.1. The number of carboxylic acids is 1. The van der Waals surface area contributed by atoms with Gasteiger partial charge in [0.15, 0.2) is 24.7 Å². The van der Waals surface area contributed by atoms with Crippen LogP contribution in [-0.4, -0.2) is 43.5 Å². The van der Waals surface area contributed by atoms with Crippen LogP contribution in [0.5, 0.6) is 17.2 Å². The van der Waals surface area contributed by atoms with Crippen LogP contribution >= 0.6 is 22.6 Å². The molecule has 2 N–H and O–H groups in total. The van der Waals surface area contributed by atoms with Gasteiger partial charge < -0.3 is 19.3 Å². The maximum atomic E-state index is 12.0. The maximum absolute atomic E-state index is 12.0. The van der Waals surface area contributed by atoms with E-state index in [2.05, 4.69) is 10.5 Å². The van der Waals surface area contributed by atoms with Gasteiger partial charge in [0.2, 0.25) is 0 Å². The Hall–Kier alpha value is -3.60. The number of halogens is 1. The maximum Gasteiger partial charge on any atom is 0.341 e. The van der Waals surface area contributed by atoms with Gasteiger partial charge in [-0.1, -0.05) is 42.5 Å². The molecule has 9 heteroatoms. The van der Waals surface area contributed by atoms with Gasteiger partial charge >= 0.3 is 5.97 Å². The standard InChI is InChI=1S/C24H21IN2O6/c1-31-21-12-16(11-20(25)24(21)33-15-23(29)30)13-26-27-22(28)14-32-19-9-7-18(8-10-19)17-5-3-2-4-6-17/h2-13H,14-15H2,1H3,(H,27,28)(H,29,30)/b26-13+. The van der Waals surface area contributed by atoms with Crippen LogP contribution in [0.1, 0.15) is 5.56 Å². The topological polar surface area (TPSA) is 106 Å². The predicted molar refractivity (Wildman–Crippen MR) is 132 cm³/mol. The molecule has 3 aromatic rings. The van der Waals surface area contributed by atoms with Gasteiger partial charge in [0, 0.05) is 0 Å². The van der Waals surface area contributed by atoms with E-state index in [4.69, 9.17) is 19.3 Å². The van der Waals surface area contributed by atoms with Crippen LogP contribution in [0.15, 0.2) is 71.8 Å². The second-order valence-electron chi connectivity index (χ2n) is 6.69. The number of hydrogen-bond donors (Lipinski definition) is 2. The van der Waals surface area contributed by atoms with Crippen molar-refractivity contribution in [3.63, 3.8) is 0 Å². The number of amides is 1. The highest BCUT2D eigenvalue weighted by Gasteiger charge is 2.12. The molecule has 8 nitrogen and oxygen atoms in total. The molecule has 3 aromatic carbocycles. The predicted octanol–water partition coefficient (Wildman–Crippen LogP) is 3.96. The Labute approximate surface area is 204 Å². The number of ether oxygens (including phenoxy) is 3. The van der Waals surface area contributed by atoms with Gasteiger partial charge in [-0.05, 0) is 63.5 Å². The second-order valence-corrected chi connectivity index (χ2v) is 7.85. The Morgan fingerprint density at radius 2 is 1.70 bits per heavy atom. The monoisotopic (exact) mass is 560 g/mol. The summed E-state index contributed by atoms with van der Waals surface area (Å²) in [6.45, 7) is -0.671. The highest BCUT2D eigenvalue weighted by Crippen LogP contribution is 2.33. The Morgan fingerprint density at radius 3 is 2.36 bits per heavy atom. The molecule has 3 rings (SSSR count). The van der Waals surface area contributed by atoms with Crippen molar-refractivity contribution in [3.05, 3.63) is 75.9 Å². The molecule has 0 aliphatic heterocycles. The molecule has 170 valence electrons. The van der Waals surface area contributed by atoms with Crippen molar-refractivity contribution in [2.45, 2.75) is 0 Å². The van der Waals surface area contributed by atoms with Crippen molar-refractivity contribution >= 4 is 40.7 Å². The minimum absolute atomic E-state index is 0.190. The van der Waals surface area contributed by atoms with Gasteiger partial charge in [0.25, 0.3) is 5.91 Å². The third-order valence-corrected chi connectivity index (χ3v) is 5.13. The fraction of sp³-hybridized carbons (Fsp3) is 0.125. The molecule has 0 bridgehead atoms. The van der Waals surface area contributed by atoms with Crippen molar-refractivity contribution in [3.8, 4) is 28.4 Å². The number of carboxylic acid groups (broad SMARTS) is 1. The van der Waals surface area contributed by atoms with Gasteiger partial charge in [-0.25, -0.2) is 10.2 Å². The molecule has 0 aliphatic rings. The molecule has 1 amide bonds. The molecule has 0 aliphatic carbocycles. The largest absolute Gasteiger partial charge is 0.493 e.